The van der Waals surface area contributed by atoms with Gasteiger partial charge in [-0.15, -0.1) is 12.4 Å². The molecule has 3 rings (SSSR count). The van der Waals surface area contributed by atoms with Crippen LogP contribution in [-0.2, 0) is 17.7 Å². The first-order valence-corrected chi connectivity index (χ1v) is 7.54. The maximum absolute atomic E-state index is 12.4. The van der Waals surface area contributed by atoms with E-state index in [0.717, 1.165) is 24.2 Å². The zero-order chi connectivity index (χ0) is 16.2. The van der Waals surface area contributed by atoms with Gasteiger partial charge in [0.25, 0.3) is 5.91 Å². The lowest BCUT2D eigenvalue weighted by Gasteiger charge is -2.13. The lowest BCUT2D eigenvalue weighted by Crippen LogP contribution is -2.25. The summed E-state index contributed by atoms with van der Waals surface area (Å²) in [4.78, 5) is 24.2. The second kappa shape index (κ2) is 7.94. The van der Waals surface area contributed by atoms with Gasteiger partial charge in [0, 0.05) is 36.5 Å². The normalized spacial score (nSPS) is 12.7. The first-order chi connectivity index (χ1) is 11.2. The minimum absolute atomic E-state index is 0. The Hall–Kier alpha value is -2.38. The number of benzene rings is 1. The predicted molar refractivity (Wildman–Crippen MR) is 91.6 cm³/mol. The Kier molecular flexibility index (Phi) is 5.94. The number of ether oxygens (including phenoxy) is 1. The number of anilines is 1. The molecule has 0 fully saturated rings. The maximum Gasteiger partial charge on any atom is 0.338 e. The topological polar surface area (TPSA) is 96.1 Å². The van der Waals surface area contributed by atoms with Crippen LogP contribution in [0.4, 0.5) is 5.69 Å². The molecule has 7 nitrogen and oxygen atoms in total. The molecule has 0 saturated heterocycles. The van der Waals surface area contributed by atoms with E-state index in [1.807, 2.05) is 0 Å². The summed E-state index contributed by atoms with van der Waals surface area (Å²) in [6.07, 6.45) is 0.827. The van der Waals surface area contributed by atoms with Gasteiger partial charge in [-0.1, -0.05) is 6.07 Å². The number of carbonyl (C=O) groups excluding carboxylic acids is 2. The Balaban J connectivity index is 0.00000208. The van der Waals surface area contributed by atoms with E-state index in [0.29, 0.717) is 30.1 Å². The van der Waals surface area contributed by atoms with E-state index < -0.39 is 5.97 Å². The summed E-state index contributed by atoms with van der Waals surface area (Å²) in [5, 5.41) is 13.0. The van der Waals surface area contributed by atoms with Crippen LogP contribution in [0.25, 0.3) is 0 Å². The van der Waals surface area contributed by atoms with Crippen LogP contribution in [0.3, 0.4) is 0 Å². The number of fused-ring (bicyclic) bond motifs is 1. The number of nitrogens with zero attached hydrogens (tertiary/aromatic N) is 1. The Labute approximate surface area is 145 Å². The van der Waals surface area contributed by atoms with Crippen molar-refractivity contribution in [3.63, 3.8) is 0 Å². The number of carbonyl (C=O) groups is 2. The molecule has 2 aromatic rings. The summed E-state index contributed by atoms with van der Waals surface area (Å²) >= 11 is 0. The lowest BCUT2D eigenvalue weighted by molar-refractivity contribution is 0.0526. The molecular formula is C16H19ClN4O3. The number of halogens is 1. The van der Waals surface area contributed by atoms with Gasteiger partial charge in [0.2, 0.25) is 0 Å². The molecule has 0 radical (unpaired) electrons. The van der Waals surface area contributed by atoms with Gasteiger partial charge in [0.15, 0.2) is 5.69 Å². The van der Waals surface area contributed by atoms with Gasteiger partial charge >= 0.3 is 5.97 Å². The third kappa shape index (κ3) is 3.74. The van der Waals surface area contributed by atoms with Gasteiger partial charge in [0.05, 0.1) is 12.2 Å². The molecule has 8 heteroatoms. The molecule has 24 heavy (non-hydrogen) atoms. The fourth-order valence-corrected chi connectivity index (χ4v) is 2.54. The Morgan fingerprint density at radius 1 is 1.38 bits per heavy atom. The molecule has 0 atom stereocenters. The van der Waals surface area contributed by atoms with Crippen molar-refractivity contribution in [2.24, 2.45) is 0 Å². The summed E-state index contributed by atoms with van der Waals surface area (Å²) in [6, 6.07) is 6.66. The summed E-state index contributed by atoms with van der Waals surface area (Å²) in [6.45, 7) is 3.55. The van der Waals surface area contributed by atoms with Crippen molar-refractivity contribution in [2.75, 3.05) is 18.5 Å². The number of nitrogens with one attached hydrogen (secondary N) is 3. The standard InChI is InChI=1S/C16H18N4O3.ClH/c1-2-23-16(22)10-4-3-5-11(8-10)18-15(21)14-12-9-17-7-6-13(12)19-20-14;/h3-5,8,17H,2,6-7,9H2,1H3,(H,18,21)(H,19,20);1H. The van der Waals surface area contributed by atoms with Crippen molar-refractivity contribution in [3.8, 4) is 0 Å². The number of hydrogen-bond donors (Lipinski definition) is 3. The Morgan fingerprint density at radius 2 is 2.21 bits per heavy atom. The van der Waals surface area contributed by atoms with Gasteiger partial charge in [-0.25, -0.2) is 4.79 Å². The molecule has 1 aromatic carbocycles. The zero-order valence-corrected chi connectivity index (χ0v) is 14.0. The highest BCUT2D eigenvalue weighted by atomic mass is 35.5. The van der Waals surface area contributed by atoms with Gasteiger partial charge in [-0.05, 0) is 25.1 Å². The van der Waals surface area contributed by atoms with Gasteiger partial charge < -0.3 is 15.4 Å². The van der Waals surface area contributed by atoms with Crippen LogP contribution in [-0.4, -0.2) is 35.2 Å². The molecule has 0 aliphatic carbocycles. The van der Waals surface area contributed by atoms with Crippen molar-refractivity contribution in [2.45, 2.75) is 19.9 Å². The van der Waals surface area contributed by atoms with Gasteiger partial charge in [-0.2, -0.15) is 5.10 Å². The van der Waals surface area contributed by atoms with E-state index >= 15 is 0 Å². The lowest BCUT2D eigenvalue weighted by atomic mass is 10.1. The third-order valence-corrected chi connectivity index (χ3v) is 3.65. The molecule has 128 valence electrons. The number of H-pyrrole nitrogens is 1. The molecule has 0 saturated carbocycles. The van der Waals surface area contributed by atoms with E-state index in [9.17, 15) is 9.59 Å². The minimum Gasteiger partial charge on any atom is -0.462 e. The van der Waals surface area contributed by atoms with Crippen LogP contribution in [0.1, 0.15) is 39.0 Å². The third-order valence-electron chi connectivity index (χ3n) is 3.65. The smallest absolute Gasteiger partial charge is 0.338 e. The number of aromatic nitrogens is 2. The molecule has 0 spiro atoms. The number of rotatable bonds is 4. The van der Waals surface area contributed by atoms with Crippen molar-refractivity contribution in [1.82, 2.24) is 15.5 Å². The second-order valence-corrected chi connectivity index (χ2v) is 5.21. The summed E-state index contributed by atoms with van der Waals surface area (Å²) < 4.78 is 4.96. The molecule has 1 aliphatic heterocycles. The maximum atomic E-state index is 12.4. The first-order valence-electron chi connectivity index (χ1n) is 7.54. The quantitative estimate of drug-likeness (QED) is 0.732. The fraction of sp³-hybridized carbons (Fsp3) is 0.312. The number of hydrogen-bond acceptors (Lipinski definition) is 5. The highest BCUT2D eigenvalue weighted by Crippen LogP contribution is 2.18. The molecule has 2 heterocycles. The summed E-state index contributed by atoms with van der Waals surface area (Å²) in [7, 11) is 0. The zero-order valence-electron chi connectivity index (χ0n) is 13.2. The SMILES string of the molecule is CCOC(=O)c1cccc(NC(=O)c2n[nH]c3c2CNCC3)c1.Cl. The summed E-state index contributed by atoms with van der Waals surface area (Å²) in [5.74, 6) is -0.711. The van der Waals surface area contributed by atoms with Crippen molar-refractivity contribution in [3.05, 3.63) is 46.8 Å². The van der Waals surface area contributed by atoms with Crippen LogP contribution in [0.2, 0.25) is 0 Å². The second-order valence-electron chi connectivity index (χ2n) is 5.21. The molecule has 0 unspecified atom stereocenters. The van der Waals surface area contributed by atoms with Crippen molar-refractivity contribution < 1.29 is 14.3 Å². The van der Waals surface area contributed by atoms with E-state index in [1.165, 1.54) is 0 Å². The molecule has 1 amide bonds. The average molecular weight is 351 g/mol. The first kappa shape index (κ1) is 18.0. The van der Waals surface area contributed by atoms with E-state index in [4.69, 9.17) is 4.74 Å². The van der Waals surface area contributed by atoms with Gasteiger partial charge in [-0.3, -0.25) is 9.89 Å². The van der Waals surface area contributed by atoms with E-state index in [2.05, 4.69) is 20.8 Å². The molecular weight excluding hydrogens is 332 g/mol. The van der Waals surface area contributed by atoms with Crippen LogP contribution in [0, 0.1) is 0 Å². The number of aromatic amines is 1. The van der Waals surface area contributed by atoms with Gasteiger partial charge in [0.1, 0.15) is 0 Å². The highest BCUT2D eigenvalue weighted by molar-refractivity contribution is 6.04. The van der Waals surface area contributed by atoms with Crippen LogP contribution in [0.5, 0.6) is 0 Å². The summed E-state index contributed by atoms with van der Waals surface area (Å²) in [5.41, 5.74) is 3.20. The Morgan fingerprint density at radius 3 is 3.00 bits per heavy atom. The minimum atomic E-state index is -0.412. The van der Waals surface area contributed by atoms with E-state index in [-0.39, 0.29) is 18.3 Å². The Bertz CT molecular complexity index is 745. The molecule has 1 aromatic heterocycles. The number of esters is 1. The largest absolute Gasteiger partial charge is 0.462 e. The van der Waals surface area contributed by atoms with E-state index in [1.54, 1.807) is 31.2 Å². The fourth-order valence-electron chi connectivity index (χ4n) is 2.54. The number of amides is 1. The van der Waals surface area contributed by atoms with Crippen molar-refractivity contribution in [1.29, 1.82) is 0 Å². The van der Waals surface area contributed by atoms with Crippen LogP contribution in [0.15, 0.2) is 24.3 Å². The monoisotopic (exact) mass is 350 g/mol. The molecule has 1 aliphatic rings. The highest BCUT2D eigenvalue weighted by Gasteiger charge is 2.21. The predicted octanol–water partition coefficient (Wildman–Crippen LogP) is 1.91. The van der Waals surface area contributed by atoms with Crippen molar-refractivity contribution >= 4 is 30.0 Å². The van der Waals surface area contributed by atoms with Crippen LogP contribution < -0.4 is 10.6 Å². The van der Waals surface area contributed by atoms with Crippen LogP contribution >= 0.6 is 12.4 Å². The molecule has 3 N–H and O–H groups in total. The molecule has 0 bridgehead atoms. The average Bonchev–Trinajstić information content (AvgIpc) is 2.99.